The number of likely N-dealkylation sites (tertiary alicyclic amines) is 1. The van der Waals surface area contributed by atoms with Gasteiger partial charge in [-0.1, -0.05) is 66.7 Å². The molecule has 26 heavy (non-hydrogen) atoms. The summed E-state index contributed by atoms with van der Waals surface area (Å²) >= 11 is 0. The summed E-state index contributed by atoms with van der Waals surface area (Å²) in [4.78, 5) is 13.1. The summed E-state index contributed by atoms with van der Waals surface area (Å²) in [6.45, 7) is 1.30. The number of carboxylic acid groups (broad SMARTS) is 1. The van der Waals surface area contributed by atoms with E-state index in [1.54, 1.807) is 0 Å². The Kier molecular flexibility index (Phi) is 6.21. The standard InChI is InChI=1S/C22H25NO3/c24-20-14-19(15-22(25)26)23(16-20)13-7-12-21(17-8-3-1-4-9-17)18-10-5-2-6-11-18/h1-6,8-12,19-20,24H,7,13-16H2,(H,25,26)/t19-,20+/m1/s1. The Bertz CT molecular complexity index is 701. The number of benzene rings is 2. The first-order valence-electron chi connectivity index (χ1n) is 9.08. The number of aliphatic carboxylic acids is 1. The first kappa shape index (κ1) is 18.4. The van der Waals surface area contributed by atoms with Gasteiger partial charge in [-0.15, -0.1) is 0 Å². The van der Waals surface area contributed by atoms with Crippen LogP contribution in [-0.2, 0) is 4.79 Å². The lowest BCUT2D eigenvalue weighted by molar-refractivity contribution is -0.138. The number of hydrogen-bond donors (Lipinski definition) is 2. The number of hydrogen-bond acceptors (Lipinski definition) is 3. The van der Waals surface area contributed by atoms with E-state index in [2.05, 4.69) is 35.2 Å². The second-order valence-corrected chi connectivity index (χ2v) is 6.77. The molecule has 2 atom stereocenters. The van der Waals surface area contributed by atoms with Gasteiger partial charge < -0.3 is 10.2 Å². The molecule has 1 fully saturated rings. The topological polar surface area (TPSA) is 60.8 Å². The van der Waals surface area contributed by atoms with Crippen LogP contribution in [0.4, 0.5) is 0 Å². The molecule has 0 aliphatic carbocycles. The smallest absolute Gasteiger partial charge is 0.304 e. The summed E-state index contributed by atoms with van der Waals surface area (Å²) in [5.74, 6) is -0.807. The summed E-state index contributed by atoms with van der Waals surface area (Å²) < 4.78 is 0. The van der Waals surface area contributed by atoms with Crippen molar-refractivity contribution in [2.75, 3.05) is 13.1 Å². The van der Waals surface area contributed by atoms with Gasteiger partial charge in [0, 0.05) is 19.1 Å². The molecular weight excluding hydrogens is 326 g/mol. The van der Waals surface area contributed by atoms with Crippen LogP contribution in [0.3, 0.4) is 0 Å². The number of carbonyl (C=O) groups is 1. The van der Waals surface area contributed by atoms with Gasteiger partial charge in [0.25, 0.3) is 0 Å². The summed E-state index contributed by atoms with van der Waals surface area (Å²) in [6, 6.07) is 20.5. The van der Waals surface area contributed by atoms with E-state index in [0.29, 0.717) is 13.0 Å². The summed E-state index contributed by atoms with van der Waals surface area (Å²) in [7, 11) is 0. The highest BCUT2D eigenvalue weighted by atomic mass is 16.4. The maximum absolute atomic E-state index is 11.0. The Morgan fingerprint density at radius 2 is 1.62 bits per heavy atom. The SMILES string of the molecule is O=C(O)C[C@H]1C[C@H](O)CN1CCC=C(c1ccccc1)c1ccccc1. The zero-order chi connectivity index (χ0) is 18.4. The minimum absolute atomic E-state index is 0.0761. The van der Waals surface area contributed by atoms with Crippen LogP contribution in [-0.4, -0.2) is 46.3 Å². The summed E-state index contributed by atoms with van der Waals surface area (Å²) in [6.07, 6.45) is 3.23. The fraction of sp³-hybridized carbons (Fsp3) is 0.318. The highest BCUT2D eigenvalue weighted by Crippen LogP contribution is 2.25. The van der Waals surface area contributed by atoms with E-state index in [-0.39, 0.29) is 12.5 Å². The molecule has 4 nitrogen and oxygen atoms in total. The van der Waals surface area contributed by atoms with Crippen LogP contribution in [0.25, 0.3) is 5.57 Å². The molecule has 0 aromatic heterocycles. The molecule has 2 aromatic rings. The van der Waals surface area contributed by atoms with Crippen LogP contribution in [0.15, 0.2) is 66.7 Å². The van der Waals surface area contributed by atoms with Crippen molar-refractivity contribution < 1.29 is 15.0 Å². The zero-order valence-corrected chi connectivity index (χ0v) is 14.8. The van der Waals surface area contributed by atoms with Gasteiger partial charge in [-0.25, -0.2) is 0 Å². The van der Waals surface area contributed by atoms with Crippen LogP contribution in [0.2, 0.25) is 0 Å². The van der Waals surface area contributed by atoms with Crippen LogP contribution in [0.1, 0.15) is 30.4 Å². The van der Waals surface area contributed by atoms with Crippen molar-refractivity contribution in [1.82, 2.24) is 4.90 Å². The van der Waals surface area contributed by atoms with Crippen LogP contribution in [0.5, 0.6) is 0 Å². The first-order chi connectivity index (χ1) is 12.6. The van der Waals surface area contributed by atoms with Crippen molar-refractivity contribution >= 4 is 11.5 Å². The van der Waals surface area contributed by atoms with Gasteiger partial charge in [-0.2, -0.15) is 0 Å². The minimum Gasteiger partial charge on any atom is -0.481 e. The van der Waals surface area contributed by atoms with Crippen molar-refractivity contribution in [2.24, 2.45) is 0 Å². The van der Waals surface area contributed by atoms with Gasteiger partial charge >= 0.3 is 5.97 Å². The first-order valence-corrected chi connectivity index (χ1v) is 9.08. The van der Waals surface area contributed by atoms with Crippen molar-refractivity contribution in [3.63, 3.8) is 0 Å². The van der Waals surface area contributed by atoms with E-state index in [9.17, 15) is 9.90 Å². The normalized spacial score (nSPS) is 20.0. The average molecular weight is 351 g/mol. The summed E-state index contributed by atoms with van der Waals surface area (Å²) in [5, 5.41) is 19.0. The number of β-amino-alcohol motifs (C(OH)–C–C–N with tert-alkyl or cyclic N) is 1. The van der Waals surface area contributed by atoms with Gasteiger partial charge in [-0.05, 0) is 29.5 Å². The van der Waals surface area contributed by atoms with E-state index in [4.69, 9.17) is 5.11 Å². The molecule has 4 heteroatoms. The molecule has 0 spiro atoms. The van der Waals surface area contributed by atoms with E-state index in [1.165, 1.54) is 16.7 Å². The molecular formula is C22H25NO3. The number of aliphatic hydroxyl groups is 1. The predicted molar refractivity (Wildman–Crippen MR) is 103 cm³/mol. The van der Waals surface area contributed by atoms with E-state index < -0.39 is 12.1 Å². The van der Waals surface area contributed by atoms with Crippen molar-refractivity contribution in [3.05, 3.63) is 77.9 Å². The monoisotopic (exact) mass is 351 g/mol. The van der Waals surface area contributed by atoms with Crippen LogP contribution in [0, 0.1) is 0 Å². The lowest BCUT2D eigenvalue weighted by Gasteiger charge is -2.22. The molecule has 0 radical (unpaired) electrons. The van der Waals surface area contributed by atoms with Crippen molar-refractivity contribution in [1.29, 1.82) is 0 Å². The third-order valence-electron chi connectivity index (χ3n) is 4.85. The number of rotatable bonds is 7. The second-order valence-electron chi connectivity index (χ2n) is 6.77. The molecule has 2 aromatic carbocycles. The average Bonchev–Trinajstić information content (AvgIpc) is 2.98. The molecule has 1 aliphatic heterocycles. The van der Waals surface area contributed by atoms with Gasteiger partial charge in [0.05, 0.1) is 12.5 Å². The highest BCUT2D eigenvalue weighted by molar-refractivity contribution is 5.79. The third kappa shape index (κ3) is 4.81. The molecule has 1 aliphatic rings. The van der Waals surface area contributed by atoms with Crippen molar-refractivity contribution in [2.45, 2.75) is 31.4 Å². The highest BCUT2D eigenvalue weighted by Gasteiger charge is 2.31. The number of aliphatic hydroxyl groups excluding tert-OH is 1. The largest absolute Gasteiger partial charge is 0.481 e. The van der Waals surface area contributed by atoms with Crippen LogP contribution >= 0.6 is 0 Å². The van der Waals surface area contributed by atoms with Gasteiger partial charge in [0.1, 0.15) is 0 Å². The molecule has 1 heterocycles. The van der Waals surface area contributed by atoms with Gasteiger partial charge in [0.2, 0.25) is 0 Å². The second kappa shape index (κ2) is 8.79. The minimum atomic E-state index is -0.807. The van der Waals surface area contributed by atoms with Crippen LogP contribution < -0.4 is 0 Å². The third-order valence-corrected chi connectivity index (χ3v) is 4.85. The predicted octanol–water partition coefficient (Wildman–Crippen LogP) is 3.42. The van der Waals surface area contributed by atoms with E-state index in [0.717, 1.165) is 13.0 Å². The zero-order valence-electron chi connectivity index (χ0n) is 14.8. The van der Waals surface area contributed by atoms with Crippen molar-refractivity contribution in [3.8, 4) is 0 Å². The molecule has 1 saturated heterocycles. The Balaban J connectivity index is 1.74. The number of carboxylic acids is 1. The molecule has 136 valence electrons. The van der Waals surface area contributed by atoms with E-state index >= 15 is 0 Å². The molecule has 3 rings (SSSR count). The Hall–Kier alpha value is -2.43. The fourth-order valence-electron chi connectivity index (χ4n) is 3.66. The maximum atomic E-state index is 11.0. The molecule has 2 N–H and O–H groups in total. The maximum Gasteiger partial charge on any atom is 0.304 e. The molecule has 0 bridgehead atoms. The molecule has 0 unspecified atom stereocenters. The Labute approximate surface area is 154 Å². The lowest BCUT2D eigenvalue weighted by atomic mass is 9.97. The Morgan fingerprint density at radius 3 is 2.15 bits per heavy atom. The van der Waals surface area contributed by atoms with Gasteiger partial charge in [0.15, 0.2) is 0 Å². The molecule has 0 saturated carbocycles. The quantitative estimate of drug-likeness (QED) is 0.802. The molecule has 0 amide bonds. The fourth-order valence-corrected chi connectivity index (χ4v) is 3.66. The van der Waals surface area contributed by atoms with E-state index in [1.807, 2.05) is 36.4 Å². The summed E-state index contributed by atoms with van der Waals surface area (Å²) in [5.41, 5.74) is 3.52. The Morgan fingerprint density at radius 1 is 1.04 bits per heavy atom. The lowest BCUT2D eigenvalue weighted by Crippen LogP contribution is -2.32. The number of nitrogens with zero attached hydrogens (tertiary/aromatic N) is 1. The van der Waals surface area contributed by atoms with Gasteiger partial charge in [-0.3, -0.25) is 9.69 Å².